The fraction of sp³-hybridized carbons (Fsp3) is 0.773. The van der Waals surface area contributed by atoms with Crippen LogP contribution in [0, 0.1) is 28.6 Å². The predicted octanol–water partition coefficient (Wildman–Crippen LogP) is 3.80. The first-order chi connectivity index (χ1) is 11.6. The van der Waals surface area contributed by atoms with Gasteiger partial charge in [0.15, 0.2) is 5.78 Å². The number of aliphatic hydroxyl groups is 2. The van der Waals surface area contributed by atoms with Crippen molar-refractivity contribution >= 4 is 5.78 Å². The Morgan fingerprint density at radius 3 is 2.60 bits per heavy atom. The van der Waals surface area contributed by atoms with Gasteiger partial charge in [-0.1, -0.05) is 32.1 Å². The Kier molecular flexibility index (Phi) is 3.70. The zero-order valence-corrected chi connectivity index (χ0v) is 15.8. The van der Waals surface area contributed by atoms with Gasteiger partial charge in [0.25, 0.3) is 0 Å². The summed E-state index contributed by atoms with van der Waals surface area (Å²) in [5.74, 6) is 1.29. The summed E-state index contributed by atoms with van der Waals surface area (Å²) in [5.41, 5.74) is 0.632. The first kappa shape index (κ1) is 17.5. The zero-order valence-electron chi connectivity index (χ0n) is 15.8. The molecule has 0 saturated heterocycles. The summed E-state index contributed by atoms with van der Waals surface area (Å²) in [5, 5.41) is 21.4. The highest BCUT2D eigenvalue weighted by molar-refractivity contribution is 5.90. The molecule has 0 amide bonds. The van der Waals surface area contributed by atoms with Crippen LogP contribution >= 0.6 is 0 Å². The van der Waals surface area contributed by atoms with Crippen LogP contribution < -0.4 is 0 Å². The number of fused-ring (bicyclic) bond motifs is 5. The molecule has 0 radical (unpaired) electrons. The highest BCUT2D eigenvalue weighted by Gasteiger charge is 2.66. The summed E-state index contributed by atoms with van der Waals surface area (Å²) in [6.07, 6.45) is 8.71. The topological polar surface area (TPSA) is 57.5 Å². The maximum Gasteiger partial charge on any atom is 0.166 e. The van der Waals surface area contributed by atoms with Crippen molar-refractivity contribution in [1.29, 1.82) is 0 Å². The lowest BCUT2D eigenvalue weighted by Gasteiger charge is -2.58. The lowest BCUT2D eigenvalue weighted by Crippen LogP contribution is -2.57. The molecule has 0 bridgehead atoms. The maximum absolute atomic E-state index is 12.4. The molecule has 25 heavy (non-hydrogen) atoms. The molecule has 0 aromatic carbocycles. The van der Waals surface area contributed by atoms with E-state index in [0.29, 0.717) is 17.8 Å². The maximum atomic E-state index is 12.4. The van der Waals surface area contributed by atoms with Gasteiger partial charge in [0, 0.05) is 5.41 Å². The molecule has 3 fully saturated rings. The quantitative estimate of drug-likeness (QED) is 0.712. The molecule has 0 spiro atoms. The second-order valence-electron chi connectivity index (χ2n) is 9.69. The number of ketones is 1. The molecule has 0 aromatic rings. The van der Waals surface area contributed by atoms with E-state index in [1.807, 2.05) is 0 Å². The number of hydrogen-bond donors (Lipinski definition) is 2. The summed E-state index contributed by atoms with van der Waals surface area (Å²) in [7, 11) is 0. The van der Waals surface area contributed by atoms with E-state index >= 15 is 0 Å². The van der Waals surface area contributed by atoms with Crippen LogP contribution in [0.1, 0.15) is 65.7 Å². The van der Waals surface area contributed by atoms with Gasteiger partial charge >= 0.3 is 0 Å². The number of aliphatic hydroxyl groups excluding tert-OH is 1. The minimum atomic E-state index is -1.35. The van der Waals surface area contributed by atoms with Gasteiger partial charge < -0.3 is 10.2 Å². The lowest BCUT2D eigenvalue weighted by atomic mass is 9.46. The SMILES string of the molecule is C=C1C[C@H]2[C@@H]3CC=C4C[C@H](O)CC[C@]4(C)[C@H]3CC[C@]2(C)[C@@]1(O)C(C)=O. The van der Waals surface area contributed by atoms with Crippen LogP contribution in [-0.2, 0) is 4.79 Å². The third-order valence-electron chi connectivity index (χ3n) is 8.78. The Morgan fingerprint density at radius 2 is 1.92 bits per heavy atom. The van der Waals surface area contributed by atoms with E-state index in [1.54, 1.807) is 0 Å². The van der Waals surface area contributed by atoms with Gasteiger partial charge in [-0.25, -0.2) is 0 Å². The van der Waals surface area contributed by atoms with Gasteiger partial charge in [-0.05, 0) is 80.6 Å². The van der Waals surface area contributed by atoms with E-state index in [-0.39, 0.29) is 22.7 Å². The van der Waals surface area contributed by atoms with E-state index in [4.69, 9.17) is 0 Å². The summed E-state index contributed by atoms with van der Waals surface area (Å²) in [6.45, 7) is 10.2. The lowest BCUT2D eigenvalue weighted by molar-refractivity contribution is -0.153. The van der Waals surface area contributed by atoms with Gasteiger partial charge in [-0.2, -0.15) is 0 Å². The normalized spacial score (nSPS) is 52.0. The van der Waals surface area contributed by atoms with Crippen LogP contribution in [0.15, 0.2) is 23.8 Å². The average Bonchev–Trinajstić information content (AvgIpc) is 2.77. The molecule has 4 rings (SSSR count). The van der Waals surface area contributed by atoms with Crippen molar-refractivity contribution < 1.29 is 15.0 Å². The second-order valence-corrected chi connectivity index (χ2v) is 9.69. The molecule has 0 aromatic heterocycles. The largest absolute Gasteiger partial charge is 0.393 e. The van der Waals surface area contributed by atoms with Gasteiger partial charge in [0.2, 0.25) is 0 Å². The molecular formula is C22H32O3. The number of rotatable bonds is 1. The molecule has 3 heteroatoms. The van der Waals surface area contributed by atoms with Gasteiger partial charge in [-0.3, -0.25) is 4.79 Å². The van der Waals surface area contributed by atoms with Crippen LogP contribution in [0.3, 0.4) is 0 Å². The Morgan fingerprint density at radius 1 is 1.20 bits per heavy atom. The van der Waals surface area contributed by atoms with E-state index in [1.165, 1.54) is 12.5 Å². The van der Waals surface area contributed by atoms with E-state index in [2.05, 4.69) is 26.5 Å². The number of carbonyl (C=O) groups is 1. The van der Waals surface area contributed by atoms with E-state index in [9.17, 15) is 15.0 Å². The van der Waals surface area contributed by atoms with Crippen LogP contribution in [0.2, 0.25) is 0 Å². The van der Waals surface area contributed by atoms with Crippen LogP contribution in [0.5, 0.6) is 0 Å². The van der Waals surface area contributed by atoms with Crippen molar-refractivity contribution in [3.05, 3.63) is 23.8 Å². The highest BCUT2D eigenvalue weighted by atomic mass is 16.3. The smallest absolute Gasteiger partial charge is 0.166 e. The molecule has 3 nitrogen and oxygen atoms in total. The monoisotopic (exact) mass is 344 g/mol. The Labute approximate surface area is 151 Å². The highest BCUT2D eigenvalue weighted by Crippen LogP contribution is 2.68. The van der Waals surface area contributed by atoms with Crippen molar-refractivity contribution in [3.63, 3.8) is 0 Å². The van der Waals surface area contributed by atoms with Gasteiger partial charge in [0.05, 0.1) is 6.10 Å². The van der Waals surface area contributed by atoms with Crippen LogP contribution in [0.25, 0.3) is 0 Å². The molecule has 4 aliphatic carbocycles. The van der Waals surface area contributed by atoms with Gasteiger partial charge in [0.1, 0.15) is 5.60 Å². The molecule has 138 valence electrons. The number of hydrogen-bond acceptors (Lipinski definition) is 3. The summed E-state index contributed by atoms with van der Waals surface area (Å²) < 4.78 is 0. The van der Waals surface area contributed by atoms with Crippen LogP contribution in [-0.4, -0.2) is 27.7 Å². The zero-order chi connectivity index (χ0) is 18.2. The molecule has 0 unspecified atom stereocenters. The van der Waals surface area contributed by atoms with Crippen molar-refractivity contribution in [2.75, 3.05) is 0 Å². The van der Waals surface area contributed by atoms with Gasteiger partial charge in [-0.15, -0.1) is 0 Å². The molecule has 0 aliphatic heterocycles. The third kappa shape index (κ3) is 2.03. The number of Topliss-reactive ketones (excluding diaryl/α,β-unsaturated/α-hetero) is 1. The Bertz CT molecular complexity index is 664. The van der Waals surface area contributed by atoms with Crippen molar-refractivity contribution in [2.45, 2.75) is 77.4 Å². The van der Waals surface area contributed by atoms with Crippen molar-refractivity contribution in [2.24, 2.45) is 28.6 Å². The van der Waals surface area contributed by atoms with Crippen molar-refractivity contribution in [3.8, 4) is 0 Å². The molecule has 0 heterocycles. The first-order valence-corrected chi connectivity index (χ1v) is 9.94. The van der Waals surface area contributed by atoms with Crippen molar-refractivity contribution in [1.82, 2.24) is 0 Å². The second kappa shape index (κ2) is 5.29. The minimum Gasteiger partial charge on any atom is -0.393 e. The number of allylic oxidation sites excluding steroid dienone is 1. The number of carbonyl (C=O) groups excluding carboxylic acids is 1. The first-order valence-electron chi connectivity index (χ1n) is 9.94. The van der Waals surface area contributed by atoms with Crippen LogP contribution in [0.4, 0.5) is 0 Å². The average molecular weight is 344 g/mol. The Balaban J connectivity index is 1.73. The molecule has 4 aliphatic rings. The molecule has 2 N–H and O–H groups in total. The Hall–Kier alpha value is -0.930. The predicted molar refractivity (Wildman–Crippen MR) is 97.9 cm³/mol. The van der Waals surface area contributed by atoms with E-state index in [0.717, 1.165) is 50.5 Å². The standard InChI is InChI=1S/C22H32O3/c1-13-11-19-17-6-5-15-12-16(24)7-9-20(15,3)18(17)8-10-21(19,4)22(13,25)14(2)23/h5,16-19,24-25H,1,6-12H2,2-4H3/t16-,17-,18+,19+,20+,21+,22+/m1/s1. The summed E-state index contributed by atoms with van der Waals surface area (Å²) in [4.78, 5) is 12.4. The summed E-state index contributed by atoms with van der Waals surface area (Å²) in [6, 6.07) is 0. The summed E-state index contributed by atoms with van der Waals surface area (Å²) >= 11 is 0. The minimum absolute atomic E-state index is 0.139. The molecular weight excluding hydrogens is 312 g/mol. The van der Waals surface area contributed by atoms with E-state index < -0.39 is 5.60 Å². The third-order valence-corrected chi connectivity index (χ3v) is 8.78. The molecule has 3 saturated carbocycles. The molecule has 7 atom stereocenters. The fourth-order valence-corrected chi connectivity index (χ4v) is 7.26. The fourth-order valence-electron chi connectivity index (χ4n) is 7.26.